The molecule has 0 bridgehead atoms. The van der Waals surface area contributed by atoms with Crippen LogP contribution in [-0.4, -0.2) is 19.1 Å². The molecule has 3 rings (SSSR count). The molecule has 1 saturated carbocycles. The van der Waals surface area contributed by atoms with E-state index in [1.54, 1.807) is 6.07 Å². The van der Waals surface area contributed by atoms with Crippen molar-refractivity contribution in [3.05, 3.63) is 59.4 Å². The van der Waals surface area contributed by atoms with Crippen LogP contribution in [0.2, 0.25) is 0 Å². The predicted molar refractivity (Wildman–Crippen MR) is 83.0 cm³/mol. The topological polar surface area (TPSA) is 38.3 Å². The molecule has 4 heteroatoms. The van der Waals surface area contributed by atoms with E-state index < -0.39 is 11.8 Å². The van der Waals surface area contributed by atoms with Gasteiger partial charge in [-0.3, -0.25) is 0 Å². The maximum absolute atomic E-state index is 14.0. The van der Waals surface area contributed by atoms with Crippen LogP contribution in [0.1, 0.15) is 28.8 Å². The fourth-order valence-electron chi connectivity index (χ4n) is 2.33. The van der Waals surface area contributed by atoms with Crippen molar-refractivity contribution in [3.63, 3.8) is 0 Å². The van der Waals surface area contributed by atoms with Crippen molar-refractivity contribution in [2.24, 2.45) is 0 Å². The molecule has 2 aromatic rings. The van der Waals surface area contributed by atoms with Gasteiger partial charge in [0, 0.05) is 12.6 Å². The number of hydrogen-bond donors (Lipinski definition) is 1. The van der Waals surface area contributed by atoms with E-state index in [2.05, 4.69) is 10.1 Å². The van der Waals surface area contributed by atoms with E-state index >= 15 is 0 Å². The number of hydrogen-bond acceptors (Lipinski definition) is 3. The number of rotatable bonds is 5. The average molecular weight is 299 g/mol. The van der Waals surface area contributed by atoms with Crippen molar-refractivity contribution in [1.82, 2.24) is 5.32 Å². The van der Waals surface area contributed by atoms with Gasteiger partial charge in [0.2, 0.25) is 0 Å². The first kappa shape index (κ1) is 14.7. The Hall–Kier alpha value is -2.20. The molecule has 1 fully saturated rings. The van der Waals surface area contributed by atoms with Crippen molar-refractivity contribution < 1.29 is 13.9 Å². The van der Waals surface area contributed by atoms with Gasteiger partial charge in [0.25, 0.3) is 0 Å². The Kier molecular flexibility index (Phi) is 4.20. The lowest BCUT2D eigenvalue weighted by atomic mass is 10.0. The van der Waals surface area contributed by atoms with E-state index in [1.165, 1.54) is 37.6 Å². The van der Waals surface area contributed by atoms with Crippen molar-refractivity contribution in [3.8, 4) is 11.1 Å². The summed E-state index contributed by atoms with van der Waals surface area (Å²) in [5.74, 6) is -1.23. The van der Waals surface area contributed by atoms with Crippen LogP contribution in [0.3, 0.4) is 0 Å². The highest BCUT2D eigenvalue weighted by atomic mass is 19.1. The Morgan fingerprint density at radius 3 is 2.45 bits per heavy atom. The molecule has 0 spiro atoms. The minimum atomic E-state index is -0.662. The molecule has 1 aliphatic carbocycles. The molecule has 0 aromatic heterocycles. The maximum Gasteiger partial charge on any atom is 0.340 e. The molecule has 22 heavy (non-hydrogen) atoms. The van der Waals surface area contributed by atoms with Crippen molar-refractivity contribution >= 4 is 5.97 Å². The lowest BCUT2D eigenvalue weighted by molar-refractivity contribution is 0.0595. The standard InChI is InChI=1S/C18H18FNO2/c1-22-18(21)16-9-6-14(10-17(16)19)13-4-2-12(3-5-13)11-20-15-7-8-15/h2-6,9-10,15,20H,7-8,11H2,1H3. The van der Waals surface area contributed by atoms with Crippen LogP contribution in [0.15, 0.2) is 42.5 Å². The first-order valence-corrected chi connectivity index (χ1v) is 7.38. The Balaban J connectivity index is 1.75. The zero-order valence-electron chi connectivity index (χ0n) is 12.4. The van der Waals surface area contributed by atoms with E-state index in [9.17, 15) is 9.18 Å². The predicted octanol–water partition coefficient (Wildman–Crippen LogP) is 3.53. The zero-order chi connectivity index (χ0) is 15.5. The van der Waals surface area contributed by atoms with E-state index in [0.717, 1.165) is 17.7 Å². The molecule has 0 unspecified atom stereocenters. The fraction of sp³-hybridized carbons (Fsp3) is 0.278. The SMILES string of the molecule is COC(=O)c1ccc(-c2ccc(CNC3CC3)cc2)cc1F. The Labute approximate surface area is 129 Å². The van der Waals surface area contributed by atoms with Gasteiger partial charge in [-0.15, -0.1) is 0 Å². The number of carbonyl (C=O) groups is 1. The third-order valence-corrected chi connectivity index (χ3v) is 3.83. The van der Waals surface area contributed by atoms with E-state index in [1.807, 2.05) is 24.3 Å². The summed E-state index contributed by atoms with van der Waals surface area (Å²) in [5, 5.41) is 3.46. The van der Waals surface area contributed by atoms with Crippen molar-refractivity contribution in [2.75, 3.05) is 7.11 Å². The summed E-state index contributed by atoms with van der Waals surface area (Å²) in [6.45, 7) is 0.862. The van der Waals surface area contributed by atoms with Gasteiger partial charge in [0.15, 0.2) is 0 Å². The molecule has 0 radical (unpaired) electrons. The minimum Gasteiger partial charge on any atom is -0.465 e. The van der Waals surface area contributed by atoms with Crippen LogP contribution in [0, 0.1) is 5.82 Å². The lowest BCUT2D eigenvalue weighted by Gasteiger charge is -2.07. The van der Waals surface area contributed by atoms with E-state index in [-0.39, 0.29) is 5.56 Å². The van der Waals surface area contributed by atoms with Gasteiger partial charge in [0.1, 0.15) is 5.82 Å². The summed E-state index contributed by atoms with van der Waals surface area (Å²) in [5.41, 5.74) is 2.83. The van der Waals surface area contributed by atoms with Gasteiger partial charge < -0.3 is 10.1 Å². The Bertz CT molecular complexity index is 678. The Morgan fingerprint density at radius 2 is 1.86 bits per heavy atom. The molecule has 2 aromatic carbocycles. The van der Waals surface area contributed by atoms with Crippen LogP contribution < -0.4 is 5.32 Å². The quantitative estimate of drug-likeness (QED) is 0.858. The second-order valence-corrected chi connectivity index (χ2v) is 5.54. The van der Waals surface area contributed by atoms with Gasteiger partial charge in [-0.05, 0) is 41.7 Å². The molecule has 0 amide bonds. The van der Waals surface area contributed by atoms with Gasteiger partial charge in [0.05, 0.1) is 12.7 Å². The number of ether oxygens (including phenoxy) is 1. The average Bonchev–Trinajstić information content (AvgIpc) is 3.37. The molecule has 0 atom stereocenters. The second kappa shape index (κ2) is 6.28. The van der Waals surface area contributed by atoms with Gasteiger partial charge in [-0.2, -0.15) is 0 Å². The van der Waals surface area contributed by atoms with Gasteiger partial charge in [-0.25, -0.2) is 9.18 Å². The van der Waals surface area contributed by atoms with Crippen LogP contribution >= 0.6 is 0 Å². The molecule has 0 saturated heterocycles. The minimum absolute atomic E-state index is 0.0449. The summed E-state index contributed by atoms with van der Waals surface area (Å²) in [6, 6.07) is 13.2. The molecule has 0 heterocycles. The van der Waals surface area contributed by atoms with E-state index in [4.69, 9.17) is 0 Å². The Morgan fingerprint density at radius 1 is 1.18 bits per heavy atom. The largest absolute Gasteiger partial charge is 0.465 e. The fourth-order valence-corrected chi connectivity index (χ4v) is 2.33. The van der Waals surface area contributed by atoms with Gasteiger partial charge in [-0.1, -0.05) is 30.3 Å². The summed E-state index contributed by atoms with van der Waals surface area (Å²) in [6.07, 6.45) is 2.54. The molecule has 1 aliphatic rings. The highest BCUT2D eigenvalue weighted by molar-refractivity contribution is 5.90. The number of nitrogens with one attached hydrogen (secondary N) is 1. The van der Waals surface area contributed by atoms with Crippen LogP contribution in [-0.2, 0) is 11.3 Å². The van der Waals surface area contributed by atoms with Crippen LogP contribution in [0.25, 0.3) is 11.1 Å². The summed E-state index contributed by atoms with van der Waals surface area (Å²) in [4.78, 5) is 11.4. The smallest absolute Gasteiger partial charge is 0.340 e. The van der Waals surface area contributed by atoms with E-state index in [0.29, 0.717) is 6.04 Å². The number of methoxy groups -OCH3 is 1. The number of halogens is 1. The third-order valence-electron chi connectivity index (χ3n) is 3.83. The third kappa shape index (κ3) is 3.34. The zero-order valence-corrected chi connectivity index (χ0v) is 12.4. The van der Waals surface area contributed by atoms with Crippen LogP contribution in [0.4, 0.5) is 4.39 Å². The first-order valence-electron chi connectivity index (χ1n) is 7.38. The molecule has 1 N–H and O–H groups in total. The summed E-state index contributed by atoms with van der Waals surface area (Å²) in [7, 11) is 1.24. The lowest BCUT2D eigenvalue weighted by Crippen LogP contribution is -2.14. The molecular weight excluding hydrogens is 281 g/mol. The summed E-state index contributed by atoms with van der Waals surface area (Å²) < 4.78 is 18.5. The monoisotopic (exact) mass is 299 g/mol. The normalized spacial score (nSPS) is 13.9. The highest BCUT2D eigenvalue weighted by Gasteiger charge is 2.19. The number of carbonyl (C=O) groups excluding carboxylic acids is 1. The molecule has 0 aliphatic heterocycles. The highest BCUT2D eigenvalue weighted by Crippen LogP contribution is 2.23. The second-order valence-electron chi connectivity index (χ2n) is 5.54. The molecule has 114 valence electrons. The van der Waals surface area contributed by atoms with Gasteiger partial charge >= 0.3 is 5.97 Å². The number of esters is 1. The first-order chi connectivity index (χ1) is 10.7. The van der Waals surface area contributed by atoms with Crippen molar-refractivity contribution in [2.45, 2.75) is 25.4 Å². The molecule has 3 nitrogen and oxygen atoms in total. The van der Waals surface area contributed by atoms with Crippen molar-refractivity contribution in [1.29, 1.82) is 0 Å². The summed E-state index contributed by atoms with van der Waals surface area (Å²) >= 11 is 0. The molecular formula is C18H18FNO2. The maximum atomic E-state index is 14.0. The van der Waals surface area contributed by atoms with Crippen LogP contribution in [0.5, 0.6) is 0 Å². The number of benzene rings is 2.